The summed E-state index contributed by atoms with van der Waals surface area (Å²) in [5.41, 5.74) is 7.63. The van der Waals surface area contributed by atoms with Crippen LogP contribution in [-0.2, 0) is 0 Å². The summed E-state index contributed by atoms with van der Waals surface area (Å²) < 4.78 is 6.12. The number of hydrogen-bond acceptors (Lipinski definition) is 8. The molecule has 4 N–H and O–H groups in total. The van der Waals surface area contributed by atoms with Gasteiger partial charge in [0.1, 0.15) is 29.4 Å². The number of hydrogen-bond donors (Lipinski definition) is 3. The molecule has 2 atom stereocenters. The number of pyridine rings is 1. The molecule has 0 saturated heterocycles. The summed E-state index contributed by atoms with van der Waals surface area (Å²) in [6.45, 7) is 0. The SMILES string of the molecule is N#Cc1cnc(Nc2cc(-c3ncccc3O[C@@H]3CC[C@@H](N)C3)[nH]n2)cn1. The van der Waals surface area contributed by atoms with E-state index in [0.29, 0.717) is 23.1 Å². The molecular weight excluding hydrogens is 344 g/mol. The van der Waals surface area contributed by atoms with E-state index in [9.17, 15) is 0 Å². The Morgan fingerprint density at radius 2 is 2.15 bits per heavy atom. The van der Waals surface area contributed by atoms with Crippen molar-refractivity contribution >= 4 is 11.6 Å². The molecule has 0 spiro atoms. The molecule has 1 aliphatic rings. The fraction of sp³-hybridized carbons (Fsp3) is 0.278. The molecule has 0 amide bonds. The Labute approximate surface area is 155 Å². The van der Waals surface area contributed by atoms with Crippen molar-refractivity contribution in [3.63, 3.8) is 0 Å². The Balaban J connectivity index is 1.52. The highest BCUT2D eigenvalue weighted by atomic mass is 16.5. The van der Waals surface area contributed by atoms with Crippen LogP contribution in [-0.4, -0.2) is 37.3 Å². The van der Waals surface area contributed by atoms with Gasteiger partial charge in [-0.2, -0.15) is 10.4 Å². The van der Waals surface area contributed by atoms with Gasteiger partial charge in [0.15, 0.2) is 11.5 Å². The van der Waals surface area contributed by atoms with Gasteiger partial charge >= 0.3 is 0 Å². The van der Waals surface area contributed by atoms with Crippen LogP contribution < -0.4 is 15.8 Å². The van der Waals surface area contributed by atoms with E-state index in [1.54, 1.807) is 6.20 Å². The van der Waals surface area contributed by atoms with Gasteiger partial charge in [0.05, 0.1) is 18.1 Å². The molecule has 9 nitrogen and oxygen atoms in total. The van der Waals surface area contributed by atoms with E-state index < -0.39 is 0 Å². The van der Waals surface area contributed by atoms with Crippen molar-refractivity contribution in [2.75, 3.05) is 5.32 Å². The van der Waals surface area contributed by atoms with E-state index >= 15 is 0 Å². The zero-order valence-corrected chi connectivity index (χ0v) is 14.5. The van der Waals surface area contributed by atoms with Gasteiger partial charge in [-0.1, -0.05) is 0 Å². The van der Waals surface area contributed by atoms with Gasteiger partial charge in [-0.25, -0.2) is 9.97 Å². The maximum atomic E-state index is 8.77. The lowest BCUT2D eigenvalue weighted by molar-refractivity contribution is 0.208. The van der Waals surface area contributed by atoms with Crippen molar-refractivity contribution in [1.29, 1.82) is 5.26 Å². The van der Waals surface area contributed by atoms with E-state index in [1.807, 2.05) is 24.3 Å². The summed E-state index contributed by atoms with van der Waals surface area (Å²) in [7, 11) is 0. The second-order valence-electron chi connectivity index (χ2n) is 6.35. The lowest BCUT2D eigenvalue weighted by Gasteiger charge is -2.15. The third kappa shape index (κ3) is 3.86. The highest BCUT2D eigenvalue weighted by Crippen LogP contribution is 2.31. The fourth-order valence-corrected chi connectivity index (χ4v) is 3.04. The first-order valence-corrected chi connectivity index (χ1v) is 8.63. The van der Waals surface area contributed by atoms with Gasteiger partial charge in [0, 0.05) is 18.3 Å². The first-order valence-electron chi connectivity index (χ1n) is 8.63. The van der Waals surface area contributed by atoms with Crippen molar-refractivity contribution in [2.24, 2.45) is 5.73 Å². The second-order valence-corrected chi connectivity index (χ2v) is 6.35. The number of H-pyrrole nitrogens is 1. The number of ether oxygens (including phenoxy) is 1. The van der Waals surface area contributed by atoms with E-state index in [-0.39, 0.29) is 17.8 Å². The van der Waals surface area contributed by atoms with Crippen molar-refractivity contribution in [2.45, 2.75) is 31.4 Å². The molecule has 1 aliphatic carbocycles. The third-order valence-corrected chi connectivity index (χ3v) is 4.34. The van der Waals surface area contributed by atoms with Gasteiger partial charge in [0.25, 0.3) is 0 Å². The summed E-state index contributed by atoms with van der Waals surface area (Å²) >= 11 is 0. The van der Waals surface area contributed by atoms with E-state index in [4.69, 9.17) is 15.7 Å². The van der Waals surface area contributed by atoms with Crippen LogP contribution in [0.4, 0.5) is 11.6 Å². The summed E-state index contributed by atoms with van der Waals surface area (Å²) in [6, 6.07) is 7.68. The van der Waals surface area contributed by atoms with Crippen molar-refractivity contribution in [3.8, 4) is 23.2 Å². The van der Waals surface area contributed by atoms with Crippen LogP contribution >= 0.6 is 0 Å². The van der Waals surface area contributed by atoms with Crippen LogP contribution in [0.5, 0.6) is 5.75 Å². The van der Waals surface area contributed by atoms with Crippen LogP contribution in [0.25, 0.3) is 11.4 Å². The Kier molecular flexibility index (Phi) is 4.63. The number of aromatic nitrogens is 5. The van der Waals surface area contributed by atoms with Gasteiger partial charge in [-0.15, -0.1) is 0 Å². The number of nitrogens with zero attached hydrogens (tertiary/aromatic N) is 5. The minimum absolute atomic E-state index is 0.109. The third-order valence-electron chi connectivity index (χ3n) is 4.34. The molecular formula is C18H18N8O. The van der Waals surface area contributed by atoms with E-state index in [1.165, 1.54) is 12.4 Å². The average Bonchev–Trinajstić information content (AvgIpc) is 3.32. The molecule has 0 aromatic carbocycles. The number of nitrogens with one attached hydrogen (secondary N) is 2. The summed E-state index contributed by atoms with van der Waals surface area (Å²) in [4.78, 5) is 12.5. The van der Waals surface area contributed by atoms with Crippen molar-refractivity contribution in [3.05, 3.63) is 42.5 Å². The van der Waals surface area contributed by atoms with Crippen LogP contribution in [0.1, 0.15) is 25.0 Å². The smallest absolute Gasteiger partial charge is 0.158 e. The summed E-state index contributed by atoms with van der Waals surface area (Å²) in [5.74, 6) is 1.75. The molecule has 0 aliphatic heterocycles. The highest BCUT2D eigenvalue weighted by Gasteiger charge is 2.24. The van der Waals surface area contributed by atoms with Gasteiger partial charge in [-0.05, 0) is 31.4 Å². The van der Waals surface area contributed by atoms with Crippen LogP contribution in [0.2, 0.25) is 0 Å². The minimum atomic E-state index is 0.109. The largest absolute Gasteiger partial charge is 0.488 e. The molecule has 1 saturated carbocycles. The zero-order valence-electron chi connectivity index (χ0n) is 14.5. The lowest BCUT2D eigenvalue weighted by Crippen LogP contribution is -2.19. The van der Waals surface area contributed by atoms with Crippen LogP contribution in [0, 0.1) is 11.3 Å². The standard InChI is InChI=1S/C18H18N8O/c19-8-12-9-23-17(10-22-12)24-16-7-14(25-26-16)18-15(2-1-5-21-18)27-13-4-3-11(20)6-13/h1-2,5,7,9-11,13H,3-4,6,20H2,(H2,23,24,25,26)/t11-,13-/m1/s1. The molecule has 136 valence electrons. The number of anilines is 2. The quantitative estimate of drug-likeness (QED) is 0.627. The molecule has 0 unspecified atom stereocenters. The average molecular weight is 362 g/mol. The number of nitriles is 1. The molecule has 0 radical (unpaired) electrons. The van der Waals surface area contributed by atoms with Gasteiger partial charge in [-0.3, -0.25) is 10.1 Å². The first-order chi connectivity index (χ1) is 13.2. The van der Waals surface area contributed by atoms with Gasteiger partial charge in [0.2, 0.25) is 0 Å². The number of rotatable bonds is 5. The summed E-state index contributed by atoms with van der Waals surface area (Å²) in [5, 5.41) is 19.0. The molecule has 3 aromatic rings. The molecule has 0 bridgehead atoms. The maximum Gasteiger partial charge on any atom is 0.158 e. The Morgan fingerprint density at radius 3 is 2.89 bits per heavy atom. The second kappa shape index (κ2) is 7.39. The number of aromatic amines is 1. The first kappa shape index (κ1) is 16.9. The van der Waals surface area contributed by atoms with Gasteiger partial charge < -0.3 is 15.8 Å². The molecule has 3 heterocycles. The summed E-state index contributed by atoms with van der Waals surface area (Å²) in [6.07, 6.45) is 7.47. The molecule has 27 heavy (non-hydrogen) atoms. The van der Waals surface area contributed by atoms with Crippen LogP contribution in [0.15, 0.2) is 36.8 Å². The molecule has 4 rings (SSSR count). The Morgan fingerprint density at radius 1 is 1.22 bits per heavy atom. The minimum Gasteiger partial charge on any atom is -0.488 e. The molecule has 1 fully saturated rings. The topological polar surface area (TPSA) is 138 Å². The maximum absolute atomic E-state index is 8.77. The van der Waals surface area contributed by atoms with E-state index in [2.05, 4.69) is 30.5 Å². The van der Waals surface area contributed by atoms with Crippen molar-refractivity contribution < 1.29 is 4.74 Å². The molecule has 9 heteroatoms. The van der Waals surface area contributed by atoms with E-state index in [0.717, 1.165) is 25.0 Å². The zero-order chi connectivity index (χ0) is 18.6. The van der Waals surface area contributed by atoms with Crippen LogP contribution in [0.3, 0.4) is 0 Å². The Bertz CT molecular complexity index is 962. The number of nitrogens with two attached hydrogens (primary N) is 1. The highest BCUT2D eigenvalue weighted by molar-refractivity contribution is 5.66. The fourth-order valence-electron chi connectivity index (χ4n) is 3.04. The molecule has 3 aromatic heterocycles. The predicted molar refractivity (Wildman–Crippen MR) is 98.1 cm³/mol. The predicted octanol–water partition coefficient (Wildman–Crippen LogP) is 2.14. The lowest BCUT2D eigenvalue weighted by atomic mass is 10.2. The normalized spacial score (nSPS) is 18.8. The Hall–Kier alpha value is -3.51. The van der Waals surface area contributed by atoms with Crippen molar-refractivity contribution in [1.82, 2.24) is 25.1 Å². The monoisotopic (exact) mass is 362 g/mol.